The Morgan fingerprint density at radius 1 is 0.800 bits per heavy atom. The van der Waals surface area contributed by atoms with Gasteiger partial charge in [-0.1, -0.05) is 78.9 Å². The van der Waals surface area contributed by atoms with E-state index in [-0.39, 0.29) is 0 Å². The number of para-hydroxylation sites is 1. The SMILES string of the molecule is NC(=O)N(/N=C(/Cc1ccccc1)c1ccccc1)c1ccccc1. The Hall–Kier alpha value is -3.40. The lowest BCUT2D eigenvalue weighted by Crippen LogP contribution is -2.32. The van der Waals surface area contributed by atoms with Gasteiger partial charge in [0.2, 0.25) is 0 Å². The van der Waals surface area contributed by atoms with Crippen LogP contribution >= 0.6 is 0 Å². The van der Waals surface area contributed by atoms with Crippen molar-refractivity contribution in [1.29, 1.82) is 0 Å². The fraction of sp³-hybridized carbons (Fsp3) is 0.0476. The van der Waals surface area contributed by atoms with Crippen molar-refractivity contribution in [1.82, 2.24) is 0 Å². The third-order valence-corrected chi connectivity index (χ3v) is 3.75. The summed E-state index contributed by atoms with van der Waals surface area (Å²) >= 11 is 0. The number of carbonyl (C=O) groups is 1. The average Bonchev–Trinajstić information content (AvgIpc) is 2.67. The third-order valence-electron chi connectivity index (χ3n) is 3.75. The molecule has 0 aliphatic heterocycles. The number of hydrogen-bond acceptors (Lipinski definition) is 2. The Kier molecular flexibility index (Phi) is 5.22. The molecule has 0 atom stereocenters. The van der Waals surface area contributed by atoms with Crippen LogP contribution in [0, 0.1) is 0 Å². The number of nitrogens with two attached hydrogens (primary N) is 1. The molecule has 0 saturated heterocycles. The number of urea groups is 1. The fourth-order valence-corrected chi connectivity index (χ4v) is 2.54. The number of anilines is 1. The molecule has 0 aliphatic carbocycles. The van der Waals surface area contributed by atoms with Crippen molar-refractivity contribution in [3.8, 4) is 0 Å². The van der Waals surface area contributed by atoms with Gasteiger partial charge in [0.15, 0.2) is 0 Å². The second-order valence-electron chi connectivity index (χ2n) is 5.56. The van der Waals surface area contributed by atoms with E-state index < -0.39 is 6.03 Å². The molecule has 2 amide bonds. The van der Waals surface area contributed by atoms with Crippen LogP contribution in [0.2, 0.25) is 0 Å². The molecule has 0 heterocycles. The maximum absolute atomic E-state index is 12.0. The zero-order valence-corrected chi connectivity index (χ0v) is 13.7. The van der Waals surface area contributed by atoms with Gasteiger partial charge in [-0.15, -0.1) is 0 Å². The molecule has 25 heavy (non-hydrogen) atoms. The van der Waals surface area contributed by atoms with Crippen molar-refractivity contribution in [2.24, 2.45) is 10.8 Å². The minimum absolute atomic E-state index is 0.599. The number of hydrazone groups is 1. The van der Waals surface area contributed by atoms with Gasteiger partial charge in [0.1, 0.15) is 0 Å². The Balaban J connectivity index is 2.03. The van der Waals surface area contributed by atoms with E-state index in [1.807, 2.05) is 78.9 Å². The van der Waals surface area contributed by atoms with Crippen LogP contribution in [0.25, 0.3) is 0 Å². The molecule has 0 bridgehead atoms. The lowest BCUT2D eigenvalue weighted by atomic mass is 10.0. The van der Waals surface area contributed by atoms with Gasteiger partial charge in [-0.2, -0.15) is 10.1 Å². The molecule has 0 aromatic heterocycles. The first-order valence-corrected chi connectivity index (χ1v) is 8.05. The quantitative estimate of drug-likeness (QED) is 0.553. The standard InChI is InChI=1S/C21H19N3O/c22-21(25)24(19-14-8-3-9-15-19)23-20(18-12-6-2-7-13-18)16-17-10-4-1-5-11-17/h1-15H,16H2,(H2,22,25)/b23-20-. The van der Waals surface area contributed by atoms with E-state index in [9.17, 15) is 4.79 Å². The first kappa shape index (κ1) is 16.5. The average molecular weight is 329 g/mol. The highest BCUT2D eigenvalue weighted by Crippen LogP contribution is 2.16. The van der Waals surface area contributed by atoms with E-state index in [0.29, 0.717) is 12.1 Å². The van der Waals surface area contributed by atoms with Crippen LogP contribution in [-0.2, 0) is 6.42 Å². The van der Waals surface area contributed by atoms with Crippen molar-refractivity contribution in [2.45, 2.75) is 6.42 Å². The first-order chi connectivity index (χ1) is 12.2. The van der Waals surface area contributed by atoms with Crippen LogP contribution in [-0.4, -0.2) is 11.7 Å². The molecule has 3 rings (SSSR count). The Bertz CT molecular complexity index is 846. The van der Waals surface area contributed by atoms with Crippen molar-refractivity contribution >= 4 is 17.4 Å². The highest BCUT2D eigenvalue weighted by molar-refractivity contribution is 6.04. The minimum Gasteiger partial charge on any atom is -0.350 e. The van der Waals surface area contributed by atoms with Gasteiger partial charge in [-0.3, -0.25) is 0 Å². The topological polar surface area (TPSA) is 58.7 Å². The molecule has 0 aliphatic rings. The van der Waals surface area contributed by atoms with Gasteiger partial charge in [0, 0.05) is 6.42 Å². The highest BCUT2D eigenvalue weighted by atomic mass is 16.2. The molecule has 0 unspecified atom stereocenters. The molecule has 0 radical (unpaired) electrons. The fourth-order valence-electron chi connectivity index (χ4n) is 2.54. The Morgan fingerprint density at radius 2 is 1.32 bits per heavy atom. The van der Waals surface area contributed by atoms with Gasteiger partial charge >= 0.3 is 6.03 Å². The van der Waals surface area contributed by atoms with E-state index in [2.05, 4.69) is 5.10 Å². The molecule has 0 fully saturated rings. The van der Waals surface area contributed by atoms with Crippen molar-refractivity contribution in [3.63, 3.8) is 0 Å². The summed E-state index contributed by atoms with van der Waals surface area (Å²) in [6.45, 7) is 0. The van der Waals surface area contributed by atoms with Crippen LogP contribution in [0.15, 0.2) is 96.1 Å². The number of nitrogens with zero attached hydrogens (tertiary/aromatic N) is 2. The summed E-state index contributed by atoms with van der Waals surface area (Å²) < 4.78 is 0. The van der Waals surface area contributed by atoms with Crippen molar-refractivity contribution in [3.05, 3.63) is 102 Å². The molecule has 3 aromatic carbocycles. The monoisotopic (exact) mass is 329 g/mol. The van der Waals surface area contributed by atoms with Crippen molar-refractivity contribution in [2.75, 3.05) is 5.01 Å². The largest absolute Gasteiger partial charge is 0.350 e. The summed E-state index contributed by atoms with van der Waals surface area (Å²) in [4.78, 5) is 12.0. The summed E-state index contributed by atoms with van der Waals surface area (Å²) in [6.07, 6.45) is 0.599. The van der Waals surface area contributed by atoms with E-state index in [0.717, 1.165) is 16.8 Å². The van der Waals surface area contributed by atoms with Gasteiger partial charge < -0.3 is 5.73 Å². The van der Waals surface area contributed by atoms with E-state index >= 15 is 0 Å². The minimum atomic E-state index is -0.618. The second kappa shape index (κ2) is 7.93. The molecule has 4 nitrogen and oxygen atoms in total. The lowest BCUT2D eigenvalue weighted by Gasteiger charge is -2.17. The summed E-state index contributed by atoms with van der Waals surface area (Å²) in [6, 6.07) is 28.4. The molecule has 0 saturated carbocycles. The summed E-state index contributed by atoms with van der Waals surface area (Å²) in [5.41, 5.74) is 9.04. The number of benzene rings is 3. The maximum Gasteiger partial charge on any atom is 0.340 e. The molecular formula is C21H19N3O. The molecular weight excluding hydrogens is 310 g/mol. The molecule has 3 aromatic rings. The maximum atomic E-state index is 12.0. The van der Waals surface area contributed by atoms with Crippen LogP contribution in [0.5, 0.6) is 0 Å². The number of rotatable bonds is 5. The Morgan fingerprint density at radius 3 is 1.88 bits per heavy atom. The summed E-state index contributed by atoms with van der Waals surface area (Å²) in [5.74, 6) is 0. The zero-order valence-electron chi connectivity index (χ0n) is 13.7. The number of primary amides is 1. The van der Waals surface area contributed by atoms with Gasteiger partial charge in [0.25, 0.3) is 0 Å². The smallest absolute Gasteiger partial charge is 0.340 e. The first-order valence-electron chi connectivity index (χ1n) is 8.05. The highest BCUT2D eigenvalue weighted by Gasteiger charge is 2.14. The van der Waals surface area contributed by atoms with E-state index in [1.54, 1.807) is 12.1 Å². The number of carbonyl (C=O) groups excluding carboxylic acids is 1. The summed E-state index contributed by atoms with van der Waals surface area (Å²) in [5, 5.41) is 5.83. The van der Waals surface area contributed by atoms with E-state index in [4.69, 9.17) is 5.73 Å². The van der Waals surface area contributed by atoms with Crippen LogP contribution in [0.3, 0.4) is 0 Å². The lowest BCUT2D eigenvalue weighted by molar-refractivity contribution is 0.254. The molecule has 4 heteroatoms. The molecule has 2 N–H and O–H groups in total. The Labute approximate surface area is 147 Å². The van der Waals surface area contributed by atoms with Gasteiger partial charge in [-0.05, 0) is 23.3 Å². The zero-order chi connectivity index (χ0) is 17.5. The number of hydrogen-bond donors (Lipinski definition) is 1. The van der Waals surface area contributed by atoms with E-state index in [1.165, 1.54) is 5.01 Å². The predicted octanol–water partition coefficient (Wildman–Crippen LogP) is 4.22. The van der Waals surface area contributed by atoms with Crippen LogP contribution in [0.4, 0.5) is 10.5 Å². The van der Waals surface area contributed by atoms with Gasteiger partial charge in [0.05, 0.1) is 11.4 Å². The predicted molar refractivity (Wildman–Crippen MR) is 102 cm³/mol. The summed E-state index contributed by atoms with van der Waals surface area (Å²) in [7, 11) is 0. The van der Waals surface area contributed by atoms with Gasteiger partial charge in [-0.25, -0.2) is 4.79 Å². The van der Waals surface area contributed by atoms with Crippen LogP contribution in [0.1, 0.15) is 11.1 Å². The third kappa shape index (κ3) is 4.32. The molecule has 0 spiro atoms. The number of amides is 2. The second-order valence-corrected chi connectivity index (χ2v) is 5.56. The molecule has 124 valence electrons. The van der Waals surface area contributed by atoms with Crippen LogP contribution < -0.4 is 10.7 Å². The van der Waals surface area contributed by atoms with Crippen molar-refractivity contribution < 1.29 is 4.79 Å². The normalized spacial score (nSPS) is 11.1.